The van der Waals surface area contributed by atoms with Crippen LogP contribution in [0.15, 0.2) is 24.3 Å². The molecule has 0 radical (unpaired) electrons. The van der Waals surface area contributed by atoms with E-state index in [0.29, 0.717) is 11.6 Å². The Morgan fingerprint density at radius 2 is 2.29 bits per heavy atom. The lowest BCUT2D eigenvalue weighted by atomic mass is 10.1. The Bertz CT molecular complexity index is 369. The van der Waals surface area contributed by atoms with E-state index in [4.69, 9.17) is 5.41 Å². The predicted octanol–water partition coefficient (Wildman–Crippen LogP) is 1.58. The number of nitrogens with one attached hydrogen (secondary N) is 2. The van der Waals surface area contributed by atoms with Crippen molar-refractivity contribution in [3.63, 3.8) is 0 Å². The summed E-state index contributed by atoms with van der Waals surface area (Å²) in [5, 5.41) is 9.99. The van der Waals surface area contributed by atoms with Crippen molar-refractivity contribution in [2.75, 3.05) is 0 Å². The maximum Gasteiger partial charge on any atom is 0.251 e. The van der Waals surface area contributed by atoms with Gasteiger partial charge in [-0.3, -0.25) is 4.79 Å². The fourth-order valence-electron chi connectivity index (χ4n) is 1.27. The van der Waals surface area contributed by atoms with E-state index in [1.807, 2.05) is 0 Å². The van der Waals surface area contributed by atoms with E-state index in [0.717, 1.165) is 18.4 Å². The monoisotopic (exact) mass is 188 g/mol. The first-order valence-electron chi connectivity index (χ1n) is 4.71. The van der Waals surface area contributed by atoms with E-state index in [2.05, 4.69) is 5.32 Å². The normalized spacial score (nSPS) is 14.9. The molecule has 3 heteroatoms. The van der Waals surface area contributed by atoms with Crippen LogP contribution in [0.1, 0.15) is 28.8 Å². The molecule has 1 aromatic carbocycles. The Balaban J connectivity index is 2.12. The summed E-state index contributed by atoms with van der Waals surface area (Å²) in [5.41, 5.74) is 1.39. The molecule has 2 N–H and O–H groups in total. The van der Waals surface area contributed by atoms with Gasteiger partial charge in [0, 0.05) is 17.8 Å². The third-order valence-electron chi connectivity index (χ3n) is 2.23. The van der Waals surface area contributed by atoms with Gasteiger partial charge in [-0.25, -0.2) is 0 Å². The fraction of sp³-hybridized carbons (Fsp3) is 0.273. The minimum atomic E-state index is -0.0313. The van der Waals surface area contributed by atoms with Gasteiger partial charge < -0.3 is 10.7 Å². The molecule has 0 bridgehead atoms. The molecule has 1 fully saturated rings. The third-order valence-corrected chi connectivity index (χ3v) is 2.23. The van der Waals surface area contributed by atoms with E-state index in [1.54, 1.807) is 24.3 Å². The Hall–Kier alpha value is -1.64. The Labute approximate surface area is 82.6 Å². The molecule has 0 saturated heterocycles. The number of hydrogen-bond donors (Lipinski definition) is 2. The Morgan fingerprint density at radius 1 is 1.50 bits per heavy atom. The highest BCUT2D eigenvalue weighted by atomic mass is 16.1. The summed E-state index contributed by atoms with van der Waals surface area (Å²) in [5.74, 6) is -0.0313. The molecule has 3 nitrogen and oxygen atoms in total. The van der Waals surface area contributed by atoms with Gasteiger partial charge in [0.1, 0.15) is 0 Å². The second kappa shape index (κ2) is 3.62. The van der Waals surface area contributed by atoms with E-state index >= 15 is 0 Å². The van der Waals surface area contributed by atoms with E-state index in [1.165, 1.54) is 6.21 Å². The van der Waals surface area contributed by atoms with Crippen molar-refractivity contribution < 1.29 is 4.79 Å². The van der Waals surface area contributed by atoms with Crippen LogP contribution < -0.4 is 5.32 Å². The first-order chi connectivity index (χ1) is 6.79. The van der Waals surface area contributed by atoms with Gasteiger partial charge >= 0.3 is 0 Å². The van der Waals surface area contributed by atoms with Gasteiger partial charge in [0.25, 0.3) is 5.91 Å². The summed E-state index contributed by atoms with van der Waals surface area (Å²) in [6, 6.07) is 7.48. The molecule has 0 spiro atoms. The molecule has 0 aromatic heterocycles. The number of benzene rings is 1. The van der Waals surface area contributed by atoms with Gasteiger partial charge in [-0.05, 0) is 30.5 Å². The number of hydrogen-bond acceptors (Lipinski definition) is 2. The van der Waals surface area contributed by atoms with Crippen LogP contribution in [0.3, 0.4) is 0 Å². The van der Waals surface area contributed by atoms with Crippen LogP contribution in [0.5, 0.6) is 0 Å². The van der Waals surface area contributed by atoms with Crippen molar-refractivity contribution in [2.45, 2.75) is 18.9 Å². The highest BCUT2D eigenvalue weighted by molar-refractivity contribution is 5.96. The van der Waals surface area contributed by atoms with Gasteiger partial charge in [0.05, 0.1) is 0 Å². The van der Waals surface area contributed by atoms with Gasteiger partial charge in [-0.1, -0.05) is 12.1 Å². The van der Waals surface area contributed by atoms with Crippen molar-refractivity contribution in [1.82, 2.24) is 5.32 Å². The first kappa shape index (κ1) is 8.94. The zero-order chi connectivity index (χ0) is 9.97. The molecule has 1 aliphatic carbocycles. The van der Waals surface area contributed by atoms with Crippen LogP contribution in [0.2, 0.25) is 0 Å². The molecule has 1 saturated carbocycles. The molecule has 0 atom stereocenters. The Morgan fingerprint density at radius 3 is 2.93 bits per heavy atom. The predicted molar refractivity (Wildman–Crippen MR) is 54.8 cm³/mol. The summed E-state index contributed by atoms with van der Waals surface area (Å²) in [4.78, 5) is 11.6. The number of amides is 1. The first-order valence-corrected chi connectivity index (χ1v) is 4.71. The number of carbonyl (C=O) groups excluding carboxylic acids is 1. The van der Waals surface area contributed by atoms with Crippen molar-refractivity contribution >= 4 is 12.1 Å². The summed E-state index contributed by atoms with van der Waals surface area (Å²) in [7, 11) is 0. The van der Waals surface area contributed by atoms with Crippen LogP contribution in [0, 0.1) is 5.41 Å². The van der Waals surface area contributed by atoms with E-state index < -0.39 is 0 Å². The largest absolute Gasteiger partial charge is 0.349 e. The fourth-order valence-corrected chi connectivity index (χ4v) is 1.27. The number of rotatable bonds is 3. The maximum absolute atomic E-state index is 11.6. The van der Waals surface area contributed by atoms with Gasteiger partial charge in [-0.15, -0.1) is 0 Å². The van der Waals surface area contributed by atoms with Crippen LogP contribution >= 0.6 is 0 Å². The van der Waals surface area contributed by atoms with Crippen LogP contribution in [-0.4, -0.2) is 18.2 Å². The highest BCUT2D eigenvalue weighted by Gasteiger charge is 2.23. The van der Waals surface area contributed by atoms with Crippen molar-refractivity contribution in [1.29, 1.82) is 5.41 Å². The average molecular weight is 188 g/mol. The van der Waals surface area contributed by atoms with Gasteiger partial charge in [-0.2, -0.15) is 0 Å². The zero-order valence-corrected chi connectivity index (χ0v) is 7.79. The molecule has 0 aliphatic heterocycles. The lowest BCUT2D eigenvalue weighted by molar-refractivity contribution is 0.0951. The second-order valence-corrected chi connectivity index (χ2v) is 3.52. The molecule has 2 rings (SSSR count). The molecule has 0 unspecified atom stereocenters. The van der Waals surface area contributed by atoms with Gasteiger partial charge in [0.2, 0.25) is 0 Å². The summed E-state index contributed by atoms with van der Waals surface area (Å²) in [6.07, 6.45) is 3.43. The summed E-state index contributed by atoms with van der Waals surface area (Å²) >= 11 is 0. The lowest BCUT2D eigenvalue weighted by Gasteiger charge is -2.03. The van der Waals surface area contributed by atoms with Crippen molar-refractivity contribution in [3.8, 4) is 0 Å². The second-order valence-electron chi connectivity index (χ2n) is 3.52. The zero-order valence-electron chi connectivity index (χ0n) is 7.79. The average Bonchev–Trinajstić information content (AvgIpc) is 3.02. The molecule has 1 aromatic rings. The minimum Gasteiger partial charge on any atom is -0.349 e. The minimum absolute atomic E-state index is 0.0313. The maximum atomic E-state index is 11.6. The smallest absolute Gasteiger partial charge is 0.251 e. The molecular formula is C11H12N2O. The molecule has 72 valence electrons. The van der Waals surface area contributed by atoms with Crippen molar-refractivity contribution in [3.05, 3.63) is 35.4 Å². The van der Waals surface area contributed by atoms with Crippen LogP contribution in [0.25, 0.3) is 0 Å². The SMILES string of the molecule is N=Cc1cccc(C(=O)NC2CC2)c1. The van der Waals surface area contributed by atoms with Gasteiger partial charge in [0.15, 0.2) is 0 Å². The summed E-state index contributed by atoms with van der Waals surface area (Å²) < 4.78 is 0. The standard InChI is InChI=1S/C11H12N2O/c12-7-8-2-1-3-9(6-8)11(14)13-10-4-5-10/h1-3,6-7,10,12H,4-5H2,(H,13,14). The topological polar surface area (TPSA) is 53.0 Å². The molecular weight excluding hydrogens is 176 g/mol. The molecule has 14 heavy (non-hydrogen) atoms. The summed E-state index contributed by atoms with van der Waals surface area (Å²) in [6.45, 7) is 0. The van der Waals surface area contributed by atoms with Crippen LogP contribution in [0.4, 0.5) is 0 Å². The quantitative estimate of drug-likeness (QED) is 0.695. The van der Waals surface area contributed by atoms with Crippen LogP contribution in [-0.2, 0) is 0 Å². The highest BCUT2D eigenvalue weighted by Crippen LogP contribution is 2.19. The molecule has 1 amide bonds. The number of carbonyl (C=O) groups is 1. The molecule has 0 heterocycles. The Kier molecular flexibility index (Phi) is 2.31. The molecule has 1 aliphatic rings. The lowest BCUT2D eigenvalue weighted by Crippen LogP contribution is -2.25. The van der Waals surface area contributed by atoms with E-state index in [-0.39, 0.29) is 5.91 Å². The van der Waals surface area contributed by atoms with E-state index in [9.17, 15) is 4.79 Å². The third kappa shape index (κ3) is 1.99. The van der Waals surface area contributed by atoms with Crippen molar-refractivity contribution in [2.24, 2.45) is 0 Å².